The molecule has 0 bridgehead atoms. The Bertz CT molecular complexity index is 342. The Morgan fingerprint density at radius 2 is 2.29 bits per heavy atom. The molecule has 1 aromatic carbocycles. The monoisotopic (exact) mass is 254 g/mol. The fraction of sp³-hybridized carbons (Fsp3) is 0.273. The quantitative estimate of drug-likeness (QED) is 0.608. The van der Waals surface area contributed by atoms with Gasteiger partial charge in [0.05, 0.1) is 18.2 Å². The summed E-state index contributed by atoms with van der Waals surface area (Å²) in [6.07, 6.45) is 5.72. The predicted octanol–water partition coefficient (Wildman–Crippen LogP) is 2.86. The maximum Gasteiger partial charge on any atom is 0.175 e. The van der Waals surface area contributed by atoms with E-state index in [1.807, 2.05) is 18.2 Å². The summed E-state index contributed by atoms with van der Waals surface area (Å²) in [5.41, 5.74) is 0. The molecule has 3 heteroatoms. The average molecular weight is 255 g/mol. The van der Waals surface area contributed by atoms with E-state index in [9.17, 15) is 0 Å². The van der Waals surface area contributed by atoms with Crippen molar-refractivity contribution in [3.63, 3.8) is 0 Å². The normalized spacial score (nSPS) is 9.21. The van der Waals surface area contributed by atoms with Crippen LogP contribution in [0.2, 0.25) is 0 Å². The number of hydrogen-bond acceptors (Lipinski definition) is 2. The molecule has 1 aromatic rings. The van der Waals surface area contributed by atoms with Gasteiger partial charge in [-0.15, -0.1) is 12.3 Å². The van der Waals surface area contributed by atoms with Gasteiger partial charge in [-0.05, 0) is 28.1 Å². The Kier molecular flexibility index (Phi) is 4.34. The molecule has 0 aliphatic carbocycles. The van der Waals surface area contributed by atoms with Gasteiger partial charge in [-0.3, -0.25) is 0 Å². The highest BCUT2D eigenvalue weighted by molar-refractivity contribution is 9.10. The number of para-hydroxylation sites is 1. The number of hydrogen-bond donors (Lipinski definition) is 0. The second-order valence-corrected chi connectivity index (χ2v) is 3.43. The Balaban J connectivity index is 2.78. The summed E-state index contributed by atoms with van der Waals surface area (Å²) in [5, 5.41) is 0. The van der Waals surface area contributed by atoms with Crippen LogP contribution in [0.1, 0.15) is 6.42 Å². The van der Waals surface area contributed by atoms with Crippen molar-refractivity contribution in [2.45, 2.75) is 6.42 Å². The van der Waals surface area contributed by atoms with Gasteiger partial charge < -0.3 is 9.47 Å². The second-order valence-electron chi connectivity index (χ2n) is 2.57. The maximum atomic E-state index is 5.48. The van der Waals surface area contributed by atoms with E-state index in [2.05, 4.69) is 21.9 Å². The van der Waals surface area contributed by atoms with Crippen molar-refractivity contribution in [3.05, 3.63) is 22.7 Å². The second kappa shape index (κ2) is 5.56. The van der Waals surface area contributed by atoms with E-state index in [4.69, 9.17) is 15.9 Å². The molecule has 14 heavy (non-hydrogen) atoms. The van der Waals surface area contributed by atoms with E-state index < -0.39 is 0 Å². The zero-order chi connectivity index (χ0) is 10.4. The van der Waals surface area contributed by atoms with Crippen LogP contribution in [0.25, 0.3) is 0 Å². The van der Waals surface area contributed by atoms with Crippen LogP contribution >= 0.6 is 15.9 Å². The Morgan fingerprint density at radius 3 is 2.93 bits per heavy atom. The minimum Gasteiger partial charge on any atom is -0.493 e. The molecule has 0 aliphatic rings. The lowest BCUT2D eigenvalue weighted by Crippen LogP contribution is -1.98. The van der Waals surface area contributed by atoms with Gasteiger partial charge in [-0.1, -0.05) is 6.07 Å². The van der Waals surface area contributed by atoms with E-state index >= 15 is 0 Å². The van der Waals surface area contributed by atoms with Gasteiger partial charge in [0.1, 0.15) is 0 Å². The van der Waals surface area contributed by atoms with Crippen molar-refractivity contribution < 1.29 is 9.47 Å². The van der Waals surface area contributed by atoms with Crippen molar-refractivity contribution in [1.29, 1.82) is 0 Å². The molecule has 0 unspecified atom stereocenters. The topological polar surface area (TPSA) is 18.5 Å². The molecule has 0 aromatic heterocycles. The zero-order valence-corrected chi connectivity index (χ0v) is 9.50. The maximum absolute atomic E-state index is 5.48. The van der Waals surface area contributed by atoms with Crippen LogP contribution < -0.4 is 9.47 Å². The molecule has 0 radical (unpaired) electrons. The SMILES string of the molecule is C#CCCOc1c(Br)cccc1OC. The number of rotatable bonds is 4. The molecule has 0 fully saturated rings. The third kappa shape index (κ3) is 2.68. The van der Waals surface area contributed by atoms with Gasteiger partial charge in [0, 0.05) is 6.42 Å². The van der Waals surface area contributed by atoms with Crippen LogP contribution in [-0.4, -0.2) is 13.7 Å². The molecular weight excluding hydrogens is 244 g/mol. The highest BCUT2D eigenvalue weighted by Gasteiger charge is 2.07. The number of halogens is 1. The van der Waals surface area contributed by atoms with Gasteiger partial charge >= 0.3 is 0 Å². The fourth-order valence-electron chi connectivity index (χ4n) is 1.00. The summed E-state index contributed by atoms with van der Waals surface area (Å²) in [4.78, 5) is 0. The van der Waals surface area contributed by atoms with Gasteiger partial charge in [0.15, 0.2) is 11.5 Å². The van der Waals surface area contributed by atoms with E-state index in [0.717, 1.165) is 4.47 Å². The van der Waals surface area contributed by atoms with Crippen molar-refractivity contribution >= 4 is 15.9 Å². The van der Waals surface area contributed by atoms with Gasteiger partial charge in [-0.2, -0.15) is 0 Å². The minimum atomic E-state index is 0.496. The largest absolute Gasteiger partial charge is 0.493 e. The lowest BCUT2D eigenvalue weighted by Gasteiger charge is -2.10. The van der Waals surface area contributed by atoms with E-state index in [-0.39, 0.29) is 0 Å². The molecule has 1 rings (SSSR count). The first kappa shape index (κ1) is 10.9. The molecule has 0 heterocycles. The lowest BCUT2D eigenvalue weighted by molar-refractivity contribution is 0.299. The molecule has 0 saturated carbocycles. The molecule has 74 valence electrons. The van der Waals surface area contributed by atoms with Crippen LogP contribution in [0.5, 0.6) is 11.5 Å². The summed E-state index contributed by atoms with van der Waals surface area (Å²) in [5.74, 6) is 3.92. The molecular formula is C11H11BrO2. The summed E-state index contributed by atoms with van der Waals surface area (Å²) in [7, 11) is 1.61. The summed E-state index contributed by atoms with van der Waals surface area (Å²) in [6, 6.07) is 5.63. The van der Waals surface area contributed by atoms with E-state index in [1.165, 1.54) is 0 Å². The number of ether oxygens (including phenoxy) is 2. The fourth-order valence-corrected chi connectivity index (χ4v) is 1.46. The Labute approximate surface area is 92.3 Å². The zero-order valence-electron chi connectivity index (χ0n) is 7.92. The molecule has 2 nitrogen and oxygen atoms in total. The first-order valence-corrected chi connectivity index (χ1v) is 4.97. The van der Waals surface area contributed by atoms with Crippen molar-refractivity contribution in [1.82, 2.24) is 0 Å². The van der Waals surface area contributed by atoms with Gasteiger partial charge in [0.2, 0.25) is 0 Å². The van der Waals surface area contributed by atoms with Crippen molar-refractivity contribution in [3.8, 4) is 23.8 Å². The first-order valence-electron chi connectivity index (χ1n) is 4.18. The summed E-state index contributed by atoms with van der Waals surface area (Å²) < 4.78 is 11.5. The highest BCUT2D eigenvalue weighted by Crippen LogP contribution is 2.34. The van der Waals surface area contributed by atoms with Crippen molar-refractivity contribution in [2.24, 2.45) is 0 Å². The third-order valence-corrected chi connectivity index (χ3v) is 2.27. The van der Waals surface area contributed by atoms with E-state index in [1.54, 1.807) is 7.11 Å². The van der Waals surface area contributed by atoms with Crippen LogP contribution in [0.4, 0.5) is 0 Å². The Hall–Kier alpha value is -1.14. The van der Waals surface area contributed by atoms with Crippen LogP contribution in [0.3, 0.4) is 0 Å². The number of terminal acetylenes is 1. The standard InChI is InChI=1S/C11H11BrO2/c1-3-4-8-14-11-9(12)6-5-7-10(11)13-2/h1,5-7H,4,8H2,2H3. The molecule has 0 aliphatic heterocycles. The van der Waals surface area contributed by atoms with Crippen LogP contribution in [0, 0.1) is 12.3 Å². The number of methoxy groups -OCH3 is 1. The van der Waals surface area contributed by atoms with Crippen LogP contribution in [-0.2, 0) is 0 Å². The van der Waals surface area contributed by atoms with Gasteiger partial charge in [-0.25, -0.2) is 0 Å². The molecule has 0 saturated heterocycles. The summed E-state index contributed by atoms with van der Waals surface area (Å²) in [6.45, 7) is 0.496. The lowest BCUT2D eigenvalue weighted by atomic mass is 10.3. The van der Waals surface area contributed by atoms with Crippen molar-refractivity contribution in [2.75, 3.05) is 13.7 Å². The molecule has 0 spiro atoms. The first-order chi connectivity index (χ1) is 6.79. The third-order valence-electron chi connectivity index (χ3n) is 1.64. The van der Waals surface area contributed by atoms with Gasteiger partial charge in [0.25, 0.3) is 0 Å². The van der Waals surface area contributed by atoms with Crippen LogP contribution in [0.15, 0.2) is 22.7 Å². The highest BCUT2D eigenvalue weighted by atomic mass is 79.9. The Morgan fingerprint density at radius 1 is 1.50 bits per heavy atom. The summed E-state index contributed by atoms with van der Waals surface area (Å²) >= 11 is 3.38. The molecule has 0 N–H and O–H groups in total. The smallest absolute Gasteiger partial charge is 0.175 e. The number of benzene rings is 1. The van der Waals surface area contributed by atoms with E-state index in [0.29, 0.717) is 24.5 Å². The average Bonchev–Trinajstić information content (AvgIpc) is 2.20. The predicted molar refractivity (Wildman–Crippen MR) is 59.6 cm³/mol. The molecule has 0 atom stereocenters. The minimum absolute atomic E-state index is 0.496. The molecule has 0 amide bonds.